The van der Waals surface area contributed by atoms with Gasteiger partial charge >= 0.3 is 0 Å². The Morgan fingerprint density at radius 2 is 1.69 bits per heavy atom. The molecule has 1 heterocycles. The lowest BCUT2D eigenvalue weighted by Gasteiger charge is -2.55. The lowest BCUT2D eigenvalue weighted by atomic mass is 9.53. The van der Waals surface area contributed by atoms with E-state index in [-0.39, 0.29) is 0 Å². The van der Waals surface area contributed by atoms with E-state index in [9.17, 15) is 0 Å². The fourth-order valence-electron chi connectivity index (χ4n) is 5.25. The monoisotopic (exact) mass is 395 g/mol. The highest BCUT2D eigenvalue weighted by Gasteiger charge is 2.51. The molecule has 0 amide bonds. The Labute approximate surface area is 174 Å². The number of rotatable bonds is 7. The molecule has 0 radical (unpaired) electrons. The van der Waals surface area contributed by atoms with Crippen molar-refractivity contribution in [1.29, 1.82) is 0 Å². The average molecular weight is 396 g/mol. The molecule has 156 valence electrons. The standard InChI is InChI=1S/C24H33N3O2/c1-15(2)24-26-13-16(14-27-24)12-25-23-19-8-6-5-7-18(19)22(23)17-9-10-20(28-3)21(11-17)29-4/h9-11,13-15,18-19,22-23,25H,5-8,12H2,1-4H3/t18-,19+,22-,23-/m0/s1. The summed E-state index contributed by atoms with van der Waals surface area (Å²) in [5, 5.41) is 3.85. The van der Waals surface area contributed by atoms with E-state index in [1.54, 1.807) is 14.2 Å². The highest BCUT2D eigenvalue weighted by molar-refractivity contribution is 5.45. The van der Waals surface area contributed by atoms with Gasteiger partial charge in [0.15, 0.2) is 11.5 Å². The summed E-state index contributed by atoms with van der Waals surface area (Å²) in [5.74, 6) is 4.94. The first-order chi connectivity index (χ1) is 14.1. The van der Waals surface area contributed by atoms with Crippen molar-refractivity contribution in [2.24, 2.45) is 11.8 Å². The predicted molar refractivity (Wildman–Crippen MR) is 114 cm³/mol. The molecule has 1 aromatic heterocycles. The van der Waals surface area contributed by atoms with Crippen LogP contribution >= 0.6 is 0 Å². The first-order valence-corrected chi connectivity index (χ1v) is 10.9. The van der Waals surface area contributed by atoms with Crippen LogP contribution < -0.4 is 14.8 Å². The summed E-state index contributed by atoms with van der Waals surface area (Å²) in [4.78, 5) is 9.04. The van der Waals surface area contributed by atoms with Crippen molar-refractivity contribution in [3.05, 3.63) is 47.5 Å². The number of nitrogens with one attached hydrogen (secondary N) is 1. The SMILES string of the molecule is COc1ccc([C@H]2[C@H]3CCCC[C@H]3[C@@H]2NCc2cnc(C(C)C)nc2)cc1OC. The van der Waals surface area contributed by atoms with Gasteiger partial charge in [-0.15, -0.1) is 0 Å². The summed E-state index contributed by atoms with van der Waals surface area (Å²) >= 11 is 0. The minimum Gasteiger partial charge on any atom is -0.493 e. The maximum atomic E-state index is 5.56. The second kappa shape index (κ2) is 8.70. The molecule has 29 heavy (non-hydrogen) atoms. The molecule has 2 aliphatic carbocycles. The van der Waals surface area contributed by atoms with Crippen molar-refractivity contribution in [3.8, 4) is 11.5 Å². The molecule has 4 atom stereocenters. The van der Waals surface area contributed by atoms with Crippen LogP contribution in [0.1, 0.15) is 68.3 Å². The molecule has 2 aliphatic rings. The van der Waals surface area contributed by atoms with Gasteiger partial charge in [-0.2, -0.15) is 0 Å². The molecule has 0 spiro atoms. The van der Waals surface area contributed by atoms with Gasteiger partial charge < -0.3 is 14.8 Å². The molecule has 0 bridgehead atoms. The number of fused-ring (bicyclic) bond motifs is 1. The molecule has 4 rings (SSSR count). The number of aromatic nitrogens is 2. The third-order valence-corrected chi connectivity index (χ3v) is 6.76. The maximum Gasteiger partial charge on any atom is 0.160 e. The Morgan fingerprint density at radius 3 is 2.34 bits per heavy atom. The molecule has 1 N–H and O–H groups in total. The maximum absolute atomic E-state index is 5.56. The molecule has 0 aliphatic heterocycles. The molecule has 2 aromatic rings. The van der Waals surface area contributed by atoms with Gasteiger partial charge in [0.25, 0.3) is 0 Å². The van der Waals surface area contributed by atoms with Gasteiger partial charge in [-0.3, -0.25) is 0 Å². The molecule has 0 unspecified atom stereocenters. The van der Waals surface area contributed by atoms with Crippen LogP contribution in [0.3, 0.4) is 0 Å². The number of methoxy groups -OCH3 is 2. The molecule has 2 fully saturated rings. The van der Waals surface area contributed by atoms with E-state index in [4.69, 9.17) is 9.47 Å². The fourth-order valence-corrected chi connectivity index (χ4v) is 5.25. The Hall–Kier alpha value is -2.14. The number of nitrogens with zero attached hydrogens (tertiary/aromatic N) is 2. The highest BCUT2D eigenvalue weighted by atomic mass is 16.5. The van der Waals surface area contributed by atoms with Gasteiger partial charge in [-0.1, -0.05) is 32.8 Å². The quantitative estimate of drug-likeness (QED) is 0.738. The zero-order chi connectivity index (χ0) is 20.4. The lowest BCUT2D eigenvalue weighted by Crippen LogP contribution is -2.57. The summed E-state index contributed by atoms with van der Waals surface area (Å²) in [5.41, 5.74) is 2.51. The average Bonchev–Trinajstić information content (AvgIpc) is 2.74. The van der Waals surface area contributed by atoms with Gasteiger partial charge in [0.2, 0.25) is 0 Å². The second-order valence-corrected chi connectivity index (χ2v) is 8.76. The van der Waals surface area contributed by atoms with Crippen molar-refractivity contribution in [2.75, 3.05) is 14.2 Å². The second-order valence-electron chi connectivity index (χ2n) is 8.76. The van der Waals surface area contributed by atoms with E-state index in [2.05, 4.69) is 41.3 Å². The minimum atomic E-state index is 0.362. The molecular weight excluding hydrogens is 362 g/mol. The first kappa shape index (κ1) is 20.1. The van der Waals surface area contributed by atoms with E-state index in [0.29, 0.717) is 17.9 Å². The van der Waals surface area contributed by atoms with Gasteiger partial charge in [0.05, 0.1) is 14.2 Å². The van der Waals surface area contributed by atoms with Crippen LogP contribution in [0.15, 0.2) is 30.6 Å². The van der Waals surface area contributed by atoms with Crippen LogP contribution in [0.25, 0.3) is 0 Å². The number of benzene rings is 1. The Balaban J connectivity index is 1.51. The zero-order valence-electron chi connectivity index (χ0n) is 18.0. The zero-order valence-corrected chi connectivity index (χ0v) is 18.0. The van der Waals surface area contributed by atoms with E-state index in [1.807, 2.05) is 18.5 Å². The number of ether oxygens (including phenoxy) is 2. The lowest BCUT2D eigenvalue weighted by molar-refractivity contribution is 0.0252. The van der Waals surface area contributed by atoms with Crippen LogP contribution in [-0.2, 0) is 6.54 Å². The summed E-state index contributed by atoms with van der Waals surface area (Å²) in [6.07, 6.45) is 9.30. The van der Waals surface area contributed by atoms with Gasteiger partial charge in [-0.25, -0.2) is 9.97 Å². The molecule has 5 heteroatoms. The Morgan fingerprint density at radius 1 is 1.00 bits per heavy atom. The Bertz CT molecular complexity index is 821. The van der Waals surface area contributed by atoms with E-state index in [0.717, 1.165) is 41.3 Å². The third kappa shape index (κ3) is 3.97. The summed E-state index contributed by atoms with van der Waals surface area (Å²) in [7, 11) is 3.40. The molecule has 5 nitrogen and oxygen atoms in total. The van der Waals surface area contributed by atoms with Gasteiger partial charge in [-0.05, 0) is 42.4 Å². The largest absolute Gasteiger partial charge is 0.493 e. The number of hydrogen-bond donors (Lipinski definition) is 1. The van der Waals surface area contributed by atoms with Crippen molar-refractivity contribution >= 4 is 0 Å². The van der Waals surface area contributed by atoms with Gasteiger partial charge in [0.1, 0.15) is 5.82 Å². The van der Waals surface area contributed by atoms with E-state index in [1.165, 1.54) is 31.2 Å². The topological polar surface area (TPSA) is 56.3 Å². The van der Waals surface area contributed by atoms with Crippen molar-refractivity contribution in [2.45, 2.75) is 64.0 Å². The molecule has 1 aromatic carbocycles. The molecular formula is C24H33N3O2. The first-order valence-electron chi connectivity index (χ1n) is 10.9. The van der Waals surface area contributed by atoms with Crippen LogP contribution in [-0.4, -0.2) is 30.2 Å². The fraction of sp³-hybridized carbons (Fsp3) is 0.583. The van der Waals surface area contributed by atoms with Crippen LogP contribution in [0, 0.1) is 11.8 Å². The van der Waals surface area contributed by atoms with Crippen molar-refractivity contribution in [1.82, 2.24) is 15.3 Å². The summed E-state index contributed by atoms with van der Waals surface area (Å²) < 4.78 is 11.0. The van der Waals surface area contributed by atoms with Crippen molar-refractivity contribution < 1.29 is 9.47 Å². The Kier molecular flexibility index (Phi) is 6.04. The number of hydrogen-bond acceptors (Lipinski definition) is 5. The molecule has 0 saturated heterocycles. The minimum absolute atomic E-state index is 0.362. The summed E-state index contributed by atoms with van der Waals surface area (Å²) in [6, 6.07) is 6.92. The van der Waals surface area contributed by atoms with Crippen LogP contribution in [0.2, 0.25) is 0 Å². The molecule has 2 saturated carbocycles. The highest BCUT2D eigenvalue weighted by Crippen LogP contribution is 2.55. The normalized spacial score (nSPS) is 26.0. The predicted octanol–water partition coefficient (Wildman–Crippen LogP) is 4.68. The van der Waals surface area contributed by atoms with Crippen LogP contribution in [0.4, 0.5) is 0 Å². The van der Waals surface area contributed by atoms with E-state index >= 15 is 0 Å². The van der Waals surface area contributed by atoms with Crippen molar-refractivity contribution in [3.63, 3.8) is 0 Å². The van der Waals surface area contributed by atoms with E-state index < -0.39 is 0 Å². The van der Waals surface area contributed by atoms with Crippen LogP contribution in [0.5, 0.6) is 11.5 Å². The summed E-state index contributed by atoms with van der Waals surface area (Å²) in [6.45, 7) is 5.06. The van der Waals surface area contributed by atoms with Gasteiger partial charge in [0, 0.05) is 42.4 Å². The smallest absolute Gasteiger partial charge is 0.160 e. The third-order valence-electron chi connectivity index (χ3n) is 6.76.